The molecule has 0 saturated carbocycles. The minimum absolute atomic E-state index is 0.126. The number of nitrogens with one attached hydrogen (secondary N) is 1. The van der Waals surface area contributed by atoms with E-state index in [2.05, 4.69) is 15.2 Å². The number of pyridine rings is 1. The SMILES string of the molecule is COc1ccc(Cl)cc1N1CC(C(=O)Nc2ccc(N3CCOCC3)nc2)CC1=O. The number of aromatic nitrogens is 1. The van der Waals surface area contributed by atoms with Crippen molar-refractivity contribution < 1.29 is 19.1 Å². The van der Waals surface area contributed by atoms with E-state index in [9.17, 15) is 9.59 Å². The smallest absolute Gasteiger partial charge is 0.229 e. The second-order valence-electron chi connectivity index (χ2n) is 7.22. The van der Waals surface area contributed by atoms with Crippen molar-refractivity contribution in [2.75, 3.05) is 55.1 Å². The average molecular weight is 431 g/mol. The lowest BCUT2D eigenvalue weighted by molar-refractivity contribution is -0.122. The van der Waals surface area contributed by atoms with E-state index in [4.69, 9.17) is 21.1 Å². The summed E-state index contributed by atoms with van der Waals surface area (Å²) >= 11 is 6.08. The first-order valence-electron chi connectivity index (χ1n) is 9.78. The first kappa shape index (κ1) is 20.4. The lowest BCUT2D eigenvalue weighted by atomic mass is 10.1. The van der Waals surface area contributed by atoms with E-state index in [1.807, 2.05) is 12.1 Å². The Balaban J connectivity index is 1.41. The van der Waals surface area contributed by atoms with Crippen molar-refractivity contribution >= 4 is 40.6 Å². The highest BCUT2D eigenvalue weighted by Crippen LogP contribution is 2.35. The van der Waals surface area contributed by atoms with E-state index in [1.165, 1.54) is 7.11 Å². The van der Waals surface area contributed by atoms with Crippen LogP contribution in [0.15, 0.2) is 36.5 Å². The van der Waals surface area contributed by atoms with Gasteiger partial charge in [-0.1, -0.05) is 11.6 Å². The summed E-state index contributed by atoms with van der Waals surface area (Å²) in [6, 6.07) is 8.78. The normalized spacial score (nSPS) is 19.1. The topological polar surface area (TPSA) is 84.0 Å². The molecule has 1 atom stereocenters. The fourth-order valence-corrected chi connectivity index (χ4v) is 3.84. The summed E-state index contributed by atoms with van der Waals surface area (Å²) in [7, 11) is 1.53. The first-order valence-corrected chi connectivity index (χ1v) is 10.2. The van der Waals surface area contributed by atoms with Crippen LogP contribution in [-0.2, 0) is 14.3 Å². The third kappa shape index (κ3) is 4.34. The summed E-state index contributed by atoms with van der Waals surface area (Å²) in [6.45, 7) is 3.23. The number of anilines is 3. The van der Waals surface area contributed by atoms with Crippen molar-refractivity contribution in [3.8, 4) is 5.75 Å². The Morgan fingerprint density at radius 3 is 2.77 bits per heavy atom. The summed E-state index contributed by atoms with van der Waals surface area (Å²) in [5, 5.41) is 3.36. The van der Waals surface area contributed by atoms with Crippen LogP contribution in [0.1, 0.15) is 6.42 Å². The number of ether oxygens (including phenoxy) is 2. The molecular formula is C21H23ClN4O4. The molecule has 1 aromatic heterocycles. The molecule has 30 heavy (non-hydrogen) atoms. The van der Waals surface area contributed by atoms with Crippen LogP contribution in [0, 0.1) is 5.92 Å². The van der Waals surface area contributed by atoms with Crippen molar-refractivity contribution in [2.24, 2.45) is 5.92 Å². The quantitative estimate of drug-likeness (QED) is 0.784. The van der Waals surface area contributed by atoms with Crippen LogP contribution in [-0.4, -0.2) is 56.8 Å². The molecule has 2 saturated heterocycles. The molecule has 0 aliphatic carbocycles. The van der Waals surface area contributed by atoms with E-state index in [0.717, 1.165) is 18.9 Å². The van der Waals surface area contributed by atoms with E-state index in [-0.39, 0.29) is 24.8 Å². The van der Waals surface area contributed by atoms with Crippen molar-refractivity contribution in [1.29, 1.82) is 0 Å². The monoisotopic (exact) mass is 430 g/mol. The number of rotatable bonds is 5. The molecule has 3 heterocycles. The maximum Gasteiger partial charge on any atom is 0.229 e. The number of halogens is 1. The van der Waals surface area contributed by atoms with Crippen LogP contribution in [0.2, 0.25) is 5.02 Å². The van der Waals surface area contributed by atoms with E-state index in [0.29, 0.717) is 35.4 Å². The van der Waals surface area contributed by atoms with Crippen LogP contribution in [0.25, 0.3) is 0 Å². The molecule has 2 amide bonds. The second kappa shape index (κ2) is 8.89. The molecule has 2 aromatic rings. The zero-order valence-corrected chi connectivity index (χ0v) is 17.4. The van der Waals surface area contributed by atoms with Gasteiger partial charge in [0.1, 0.15) is 11.6 Å². The number of benzene rings is 1. The molecule has 4 rings (SSSR count). The Morgan fingerprint density at radius 2 is 2.07 bits per heavy atom. The van der Waals surface area contributed by atoms with Gasteiger partial charge < -0.3 is 24.6 Å². The molecule has 1 unspecified atom stereocenters. The van der Waals surface area contributed by atoms with Crippen molar-refractivity contribution in [3.63, 3.8) is 0 Å². The zero-order valence-electron chi connectivity index (χ0n) is 16.6. The maximum absolute atomic E-state index is 12.7. The van der Waals surface area contributed by atoms with Gasteiger partial charge in [0.15, 0.2) is 0 Å². The predicted molar refractivity (Wildman–Crippen MR) is 114 cm³/mol. The lowest BCUT2D eigenvalue weighted by Crippen LogP contribution is -2.36. The Kier molecular flexibility index (Phi) is 6.06. The van der Waals surface area contributed by atoms with Gasteiger partial charge in [0.2, 0.25) is 11.8 Å². The number of morpholine rings is 1. The number of hydrogen-bond donors (Lipinski definition) is 1. The second-order valence-corrected chi connectivity index (χ2v) is 7.65. The number of carbonyl (C=O) groups excluding carboxylic acids is 2. The molecule has 8 nitrogen and oxygen atoms in total. The van der Waals surface area contributed by atoms with Crippen molar-refractivity contribution in [3.05, 3.63) is 41.6 Å². The van der Waals surface area contributed by atoms with Gasteiger partial charge in [-0.3, -0.25) is 9.59 Å². The molecular weight excluding hydrogens is 408 g/mol. The van der Waals surface area contributed by atoms with Crippen molar-refractivity contribution in [2.45, 2.75) is 6.42 Å². The van der Waals surface area contributed by atoms with Gasteiger partial charge in [-0.2, -0.15) is 0 Å². The Bertz CT molecular complexity index is 931. The molecule has 9 heteroatoms. The van der Waals surface area contributed by atoms with Gasteiger partial charge in [0, 0.05) is 31.1 Å². The molecule has 0 spiro atoms. The number of amides is 2. The van der Waals surface area contributed by atoms with Crippen LogP contribution < -0.4 is 19.9 Å². The highest BCUT2D eigenvalue weighted by molar-refractivity contribution is 6.31. The standard InChI is InChI=1S/C21H23ClN4O4/c1-29-18-4-2-15(22)11-17(18)26-13-14(10-20(26)27)21(28)24-16-3-5-19(23-12-16)25-6-8-30-9-7-25/h2-5,11-12,14H,6-10,13H2,1H3,(H,24,28). The Morgan fingerprint density at radius 1 is 1.27 bits per heavy atom. The Labute approximate surface area is 179 Å². The summed E-state index contributed by atoms with van der Waals surface area (Å²) in [5.41, 5.74) is 1.17. The third-order valence-electron chi connectivity index (χ3n) is 5.28. The van der Waals surface area contributed by atoms with Crippen molar-refractivity contribution in [1.82, 2.24) is 4.98 Å². The summed E-state index contributed by atoms with van der Waals surface area (Å²) in [4.78, 5) is 33.4. The molecule has 2 aliphatic rings. The molecule has 1 aromatic carbocycles. The van der Waals surface area contributed by atoms with Gasteiger partial charge in [0.05, 0.1) is 43.8 Å². The molecule has 2 aliphatic heterocycles. The molecule has 0 radical (unpaired) electrons. The minimum Gasteiger partial charge on any atom is -0.495 e. The highest BCUT2D eigenvalue weighted by Gasteiger charge is 2.36. The summed E-state index contributed by atoms with van der Waals surface area (Å²) in [5.74, 6) is 0.563. The number of carbonyl (C=O) groups is 2. The van der Waals surface area contributed by atoms with Gasteiger partial charge in [-0.25, -0.2) is 4.98 Å². The first-order chi connectivity index (χ1) is 14.5. The van der Waals surface area contributed by atoms with Crippen LogP contribution in [0.4, 0.5) is 17.2 Å². The zero-order chi connectivity index (χ0) is 21.1. The van der Waals surface area contributed by atoms with E-state index in [1.54, 1.807) is 29.3 Å². The van der Waals surface area contributed by atoms with E-state index >= 15 is 0 Å². The van der Waals surface area contributed by atoms with Gasteiger partial charge >= 0.3 is 0 Å². The number of hydrogen-bond acceptors (Lipinski definition) is 6. The van der Waals surface area contributed by atoms with Gasteiger partial charge in [-0.15, -0.1) is 0 Å². The van der Waals surface area contributed by atoms with Crippen LogP contribution in [0.3, 0.4) is 0 Å². The van der Waals surface area contributed by atoms with Crippen LogP contribution >= 0.6 is 11.6 Å². The number of nitrogens with zero attached hydrogens (tertiary/aromatic N) is 3. The third-order valence-corrected chi connectivity index (χ3v) is 5.51. The van der Waals surface area contributed by atoms with Gasteiger partial charge in [0.25, 0.3) is 0 Å². The molecule has 2 fully saturated rings. The predicted octanol–water partition coefficient (Wildman–Crippen LogP) is 2.57. The Hall–Kier alpha value is -2.84. The largest absolute Gasteiger partial charge is 0.495 e. The highest BCUT2D eigenvalue weighted by atomic mass is 35.5. The molecule has 158 valence electrons. The fourth-order valence-electron chi connectivity index (χ4n) is 3.67. The summed E-state index contributed by atoms with van der Waals surface area (Å²) in [6.07, 6.45) is 1.76. The van der Waals surface area contributed by atoms with Crippen LogP contribution in [0.5, 0.6) is 5.75 Å². The lowest BCUT2D eigenvalue weighted by Gasteiger charge is -2.27. The van der Waals surface area contributed by atoms with Gasteiger partial charge in [-0.05, 0) is 30.3 Å². The summed E-state index contributed by atoms with van der Waals surface area (Å²) < 4.78 is 10.7. The van der Waals surface area contributed by atoms with E-state index < -0.39 is 5.92 Å². The minimum atomic E-state index is -0.472. The maximum atomic E-state index is 12.7. The molecule has 1 N–H and O–H groups in total. The average Bonchev–Trinajstić information content (AvgIpc) is 3.16. The molecule has 0 bridgehead atoms. The number of methoxy groups -OCH3 is 1. The fraction of sp³-hybridized carbons (Fsp3) is 0.381.